The van der Waals surface area contributed by atoms with E-state index in [2.05, 4.69) is 29.0 Å². The molecule has 1 saturated heterocycles. The highest BCUT2D eigenvalue weighted by atomic mass is 16.7. The first kappa shape index (κ1) is 23.4. The zero-order valence-electron chi connectivity index (χ0n) is 20.3. The quantitative estimate of drug-likeness (QED) is 0.635. The number of rotatable bonds is 7. The van der Waals surface area contributed by atoms with Crippen LogP contribution in [0.4, 0.5) is 0 Å². The van der Waals surface area contributed by atoms with Crippen LogP contribution in [0.5, 0.6) is 17.2 Å². The molecule has 0 radical (unpaired) electrons. The van der Waals surface area contributed by atoms with E-state index in [1.54, 1.807) is 33.2 Å². The Balaban J connectivity index is 1.33. The van der Waals surface area contributed by atoms with Crippen molar-refractivity contribution in [2.24, 2.45) is 5.92 Å². The van der Waals surface area contributed by atoms with Crippen molar-refractivity contribution in [1.29, 1.82) is 0 Å². The molecular formula is C26H35N3O4. The zero-order chi connectivity index (χ0) is 23.5. The summed E-state index contributed by atoms with van der Waals surface area (Å²) in [5.41, 5.74) is 3.07. The van der Waals surface area contributed by atoms with E-state index < -0.39 is 0 Å². The molecule has 1 atom stereocenters. The van der Waals surface area contributed by atoms with Gasteiger partial charge in [-0.15, -0.1) is 5.06 Å². The van der Waals surface area contributed by atoms with Crippen molar-refractivity contribution >= 4 is 5.91 Å². The molecule has 4 rings (SSSR count). The second kappa shape index (κ2) is 10.0. The fourth-order valence-electron chi connectivity index (χ4n) is 4.86. The minimum absolute atomic E-state index is 0.0465. The molecule has 2 aliphatic heterocycles. The molecule has 1 amide bonds. The van der Waals surface area contributed by atoms with Gasteiger partial charge in [0.2, 0.25) is 5.75 Å². The van der Waals surface area contributed by atoms with E-state index in [0.717, 1.165) is 55.9 Å². The second-order valence-corrected chi connectivity index (χ2v) is 9.21. The Labute approximate surface area is 196 Å². The lowest BCUT2D eigenvalue weighted by atomic mass is 9.90. The van der Waals surface area contributed by atoms with Gasteiger partial charge in [0.05, 0.1) is 20.8 Å². The summed E-state index contributed by atoms with van der Waals surface area (Å²) in [6.07, 6.45) is 2.24. The smallest absolute Gasteiger partial charge is 0.253 e. The molecule has 2 aromatic carbocycles. The van der Waals surface area contributed by atoms with Crippen LogP contribution in [0, 0.1) is 5.92 Å². The summed E-state index contributed by atoms with van der Waals surface area (Å²) in [5.74, 6) is 2.73. The summed E-state index contributed by atoms with van der Waals surface area (Å²) in [5, 5.41) is 2.09. The van der Waals surface area contributed by atoms with Crippen LogP contribution in [0.25, 0.3) is 0 Å². The van der Waals surface area contributed by atoms with Crippen molar-refractivity contribution in [3.8, 4) is 17.2 Å². The number of methoxy groups -OCH3 is 2. The maximum absolute atomic E-state index is 12.3. The van der Waals surface area contributed by atoms with Crippen molar-refractivity contribution in [1.82, 2.24) is 14.9 Å². The van der Waals surface area contributed by atoms with Crippen LogP contribution in [-0.2, 0) is 13.1 Å². The molecule has 2 aliphatic rings. The molecular weight excluding hydrogens is 418 g/mol. The zero-order valence-corrected chi connectivity index (χ0v) is 20.3. The predicted octanol–water partition coefficient (Wildman–Crippen LogP) is 3.82. The van der Waals surface area contributed by atoms with Gasteiger partial charge in [0.25, 0.3) is 5.91 Å². The van der Waals surface area contributed by atoms with Crippen LogP contribution in [0.3, 0.4) is 0 Å². The van der Waals surface area contributed by atoms with Gasteiger partial charge in [0.15, 0.2) is 11.5 Å². The van der Waals surface area contributed by atoms with Crippen LogP contribution < -0.4 is 14.3 Å². The minimum atomic E-state index is 0.0465. The highest BCUT2D eigenvalue weighted by Crippen LogP contribution is 2.45. The highest BCUT2D eigenvalue weighted by Gasteiger charge is 2.35. The fraction of sp³-hybridized carbons (Fsp3) is 0.500. The van der Waals surface area contributed by atoms with Gasteiger partial charge in [-0.2, -0.15) is 0 Å². The van der Waals surface area contributed by atoms with E-state index in [-0.39, 0.29) is 5.91 Å². The minimum Gasteiger partial charge on any atom is -0.493 e. The molecule has 0 aliphatic carbocycles. The SMILES string of the molecule is COc1ccc2c(c1OC)ON(C(C)C1CCN(Cc3cccc(C(=O)N(C)C)c3)CC1)C2. The van der Waals surface area contributed by atoms with Crippen LogP contribution >= 0.6 is 0 Å². The van der Waals surface area contributed by atoms with E-state index in [4.69, 9.17) is 14.3 Å². The molecule has 2 aromatic rings. The van der Waals surface area contributed by atoms with Crippen LogP contribution in [-0.4, -0.2) is 68.2 Å². The second-order valence-electron chi connectivity index (χ2n) is 9.21. The summed E-state index contributed by atoms with van der Waals surface area (Å²) in [6, 6.07) is 12.3. The average molecular weight is 454 g/mol. The topological polar surface area (TPSA) is 54.5 Å². The van der Waals surface area contributed by atoms with Gasteiger partial charge >= 0.3 is 0 Å². The van der Waals surface area contributed by atoms with Gasteiger partial charge in [-0.25, -0.2) is 0 Å². The Morgan fingerprint density at radius 3 is 2.58 bits per heavy atom. The molecule has 0 N–H and O–H groups in total. The van der Waals surface area contributed by atoms with Crippen molar-refractivity contribution in [2.75, 3.05) is 41.4 Å². The number of hydroxylamine groups is 2. The number of likely N-dealkylation sites (tertiary alicyclic amines) is 1. The van der Waals surface area contributed by atoms with Gasteiger partial charge < -0.3 is 19.2 Å². The molecule has 1 fully saturated rings. The lowest BCUT2D eigenvalue weighted by molar-refractivity contribution is -0.101. The molecule has 0 aromatic heterocycles. The largest absolute Gasteiger partial charge is 0.493 e. The lowest BCUT2D eigenvalue weighted by Crippen LogP contribution is -2.43. The number of nitrogens with zero attached hydrogens (tertiary/aromatic N) is 3. The van der Waals surface area contributed by atoms with Gasteiger partial charge in [0.1, 0.15) is 0 Å². The Morgan fingerprint density at radius 2 is 1.91 bits per heavy atom. The first-order valence-corrected chi connectivity index (χ1v) is 11.6. The van der Waals surface area contributed by atoms with Crippen LogP contribution in [0.2, 0.25) is 0 Å². The Morgan fingerprint density at radius 1 is 1.15 bits per heavy atom. The number of amides is 1. The molecule has 1 unspecified atom stereocenters. The molecule has 0 bridgehead atoms. The van der Waals surface area contributed by atoms with Crippen LogP contribution in [0.1, 0.15) is 41.3 Å². The Bertz CT molecular complexity index is 985. The fourth-order valence-corrected chi connectivity index (χ4v) is 4.86. The molecule has 2 heterocycles. The summed E-state index contributed by atoms with van der Waals surface area (Å²) in [4.78, 5) is 22.6. The van der Waals surface area contributed by atoms with E-state index >= 15 is 0 Å². The first-order valence-electron chi connectivity index (χ1n) is 11.6. The van der Waals surface area contributed by atoms with E-state index in [0.29, 0.717) is 23.5 Å². The number of ether oxygens (including phenoxy) is 2. The molecule has 0 spiro atoms. The number of carbonyl (C=O) groups is 1. The predicted molar refractivity (Wildman–Crippen MR) is 128 cm³/mol. The van der Waals surface area contributed by atoms with E-state index in [1.807, 2.05) is 24.3 Å². The average Bonchev–Trinajstić information content (AvgIpc) is 3.27. The van der Waals surface area contributed by atoms with Crippen LogP contribution in [0.15, 0.2) is 36.4 Å². The number of benzene rings is 2. The maximum Gasteiger partial charge on any atom is 0.253 e. The van der Waals surface area contributed by atoms with Gasteiger partial charge in [-0.05, 0) is 68.6 Å². The summed E-state index contributed by atoms with van der Waals surface area (Å²) in [6.45, 7) is 5.96. The third-order valence-corrected chi connectivity index (χ3v) is 6.87. The van der Waals surface area contributed by atoms with E-state index in [9.17, 15) is 4.79 Å². The van der Waals surface area contributed by atoms with E-state index in [1.165, 1.54) is 5.56 Å². The Kier molecular flexibility index (Phi) is 7.10. The molecule has 178 valence electrons. The molecule has 33 heavy (non-hydrogen) atoms. The lowest BCUT2D eigenvalue weighted by Gasteiger charge is -2.37. The van der Waals surface area contributed by atoms with Crippen molar-refractivity contribution < 1.29 is 19.1 Å². The number of hydrogen-bond acceptors (Lipinski definition) is 6. The van der Waals surface area contributed by atoms with Crippen molar-refractivity contribution in [2.45, 2.75) is 38.9 Å². The third kappa shape index (κ3) is 4.94. The monoisotopic (exact) mass is 453 g/mol. The molecule has 0 saturated carbocycles. The standard InChI is InChI=1S/C26H35N3O4/c1-18(29-17-22-9-10-23(31-4)25(32-5)24(22)33-29)20-11-13-28(14-12-20)16-19-7-6-8-21(15-19)26(30)27(2)3/h6-10,15,18,20H,11-14,16-17H2,1-5H3. The number of fused-ring (bicyclic) bond motifs is 1. The third-order valence-electron chi connectivity index (χ3n) is 6.87. The van der Waals surface area contributed by atoms with Crippen molar-refractivity contribution in [3.63, 3.8) is 0 Å². The van der Waals surface area contributed by atoms with Crippen molar-refractivity contribution in [3.05, 3.63) is 53.1 Å². The summed E-state index contributed by atoms with van der Waals surface area (Å²) < 4.78 is 11.0. The Hall–Kier alpha value is -2.77. The maximum atomic E-state index is 12.3. The first-order chi connectivity index (χ1) is 15.9. The van der Waals surface area contributed by atoms with Gasteiger partial charge in [-0.3, -0.25) is 9.69 Å². The summed E-state index contributed by atoms with van der Waals surface area (Å²) >= 11 is 0. The molecule has 7 heteroatoms. The normalized spacial score (nSPS) is 17.8. The highest BCUT2D eigenvalue weighted by molar-refractivity contribution is 5.94. The van der Waals surface area contributed by atoms with Gasteiger partial charge in [-0.1, -0.05) is 12.1 Å². The number of piperidine rings is 1. The van der Waals surface area contributed by atoms with Gasteiger partial charge in [0, 0.05) is 37.8 Å². The molecule has 7 nitrogen and oxygen atoms in total. The number of hydrogen-bond donors (Lipinski definition) is 0. The summed E-state index contributed by atoms with van der Waals surface area (Å²) in [7, 11) is 6.87. The number of carbonyl (C=O) groups excluding carboxylic acids is 1.